The zero-order valence-electron chi connectivity index (χ0n) is 20.0. The molecular weight excluding hydrogens is 504 g/mol. The van der Waals surface area contributed by atoms with Crippen LogP contribution in [0, 0.1) is 22.7 Å². The highest BCUT2D eigenvalue weighted by molar-refractivity contribution is 7.88. The number of methoxy groups -OCH3 is 2. The van der Waals surface area contributed by atoms with Gasteiger partial charge in [-0.25, -0.2) is 16.8 Å². The maximum absolute atomic E-state index is 13.5. The summed E-state index contributed by atoms with van der Waals surface area (Å²) in [5.41, 5.74) is -3.05. The number of sulfonamides is 2. The Bertz CT molecular complexity index is 1450. The molecule has 0 saturated carbocycles. The van der Waals surface area contributed by atoms with E-state index in [4.69, 9.17) is 9.47 Å². The summed E-state index contributed by atoms with van der Waals surface area (Å²) < 4.78 is 67.5. The number of hydrogen-bond donors (Lipinski definition) is 0. The predicted octanol–water partition coefficient (Wildman–Crippen LogP) is 1.50. The second-order valence-electron chi connectivity index (χ2n) is 9.24. The second-order valence-corrected chi connectivity index (χ2v) is 13.0. The number of fused-ring (bicyclic) bond motifs is 2. The molecule has 2 heterocycles. The Morgan fingerprint density at radius 1 is 0.722 bits per heavy atom. The third-order valence-electron chi connectivity index (χ3n) is 7.59. The first kappa shape index (κ1) is 24.8. The van der Waals surface area contributed by atoms with Gasteiger partial charge >= 0.3 is 0 Å². The van der Waals surface area contributed by atoms with Crippen molar-refractivity contribution in [3.05, 3.63) is 70.8 Å². The van der Waals surface area contributed by atoms with Crippen molar-refractivity contribution in [3.63, 3.8) is 0 Å². The van der Waals surface area contributed by atoms with Gasteiger partial charge in [-0.15, -0.1) is 8.61 Å². The van der Waals surface area contributed by atoms with Crippen LogP contribution in [-0.4, -0.2) is 64.6 Å². The molecule has 188 valence electrons. The van der Waals surface area contributed by atoms with Crippen molar-refractivity contribution in [2.75, 3.05) is 26.7 Å². The molecule has 0 amide bonds. The van der Waals surface area contributed by atoms with Gasteiger partial charge in [0.15, 0.2) is 11.1 Å². The Hall–Kier alpha value is -2.84. The topological polar surface area (TPSA) is 141 Å². The van der Waals surface area contributed by atoms with Crippen molar-refractivity contribution in [2.24, 2.45) is 0 Å². The van der Waals surface area contributed by atoms with E-state index in [0.29, 0.717) is 11.1 Å². The molecule has 2 aromatic carbocycles. The molecule has 2 aliphatic heterocycles. The predicted molar refractivity (Wildman–Crippen MR) is 128 cm³/mol. The van der Waals surface area contributed by atoms with Crippen LogP contribution in [0.5, 0.6) is 0 Å². The second kappa shape index (κ2) is 7.83. The minimum absolute atomic E-state index is 0.237. The molecule has 1 aliphatic carbocycles. The van der Waals surface area contributed by atoms with Crippen molar-refractivity contribution < 1.29 is 26.3 Å². The largest absolute Gasteiger partial charge is 0.365 e. The van der Waals surface area contributed by atoms with Gasteiger partial charge in [0, 0.05) is 26.1 Å². The highest BCUT2D eigenvalue weighted by atomic mass is 32.2. The van der Waals surface area contributed by atoms with Crippen LogP contribution in [0.3, 0.4) is 0 Å². The summed E-state index contributed by atoms with van der Waals surface area (Å²) in [6, 6.07) is 17.8. The van der Waals surface area contributed by atoms with Gasteiger partial charge in [0.05, 0.1) is 24.6 Å². The Labute approximate surface area is 210 Å². The normalized spacial score (nSPS) is 33.6. The Morgan fingerprint density at radius 3 is 1.33 bits per heavy atom. The van der Waals surface area contributed by atoms with Crippen LogP contribution < -0.4 is 0 Å². The van der Waals surface area contributed by atoms with Gasteiger partial charge in [-0.2, -0.15) is 10.5 Å². The standard InChI is InChI=1S/C24H24N4O6S2/c1-33-21-19-15-9-5-7-11-17(15)23(13-25,27(21)35(3,29)30)24(14-26)18-12-8-6-10-16(18)20(19)22(34-2)28(24)36(4,31)32/h5-12,19-22H,1-4H3/t19-,20-,21-,22+,23+,24+/m0/s1. The zero-order chi connectivity index (χ0) is 26.3. The zero-order valence-corrected chi connectivity index (χ0v) is 21.6. The number of hydrogen-bond acceptors (Lipinski definition) is 8. The van der Waals surface area contributed by atoms with E-state index in [0.717, 1.165) is 21.1 Å². The Kier molecular flexibility index (Phi) is 5.40. The quantitative estimate of drug-likeness (QED) is 0.581. The van der Waals surface area contributed by atoms with Crippen molar-refractivity contribution in [3.8, 4) is 12.1 Å². The van der Waals surface area contributed by atoms with E-state index in [9.17, 15) is 27.4 Å². The fraction of sp³-hybridized carbons (Fsp3) is 0.417. The van der Waals surface area contributed by atoms with Gasteiger partial charge in [-0.05, 0) is 22.3 Å². The van der Waals surface area contributed by atoms with Crippen molar-refractivity contribution in [2.45, 2.75) is 35.4 Å². The van der Waals surface area contributed by atoms with Crippen LogP contribution in [-0.2, 0) is 40.6 Å². The highest BCUT2D eigenvalue weighted by Crippen LogP contribution is 2.66. The molecule has 0 unspecified atom stereocenters. The summed E-state index contributed by atoms with van der Waals surface area (Å²) in [5.74, 6) is -1.54. The number of nitrogens with zero attached hydrogens (tertiary/aromatic N) is 4. The molecule has 0 radical (unpaired) electrons. The molecule has 36 heavy (non-hydrogen) atoms. The molecular formula is C24H24N4O6S2. The first-order valence-electron chi connectivity index (χ1n) is 11.0. The van der Waals surface area contributed by atoms with Crippen LogP contribution in [0.15, 0.2) is 48.5 Å². The summed E-state index contributed by atoms with van der Waals surface area (Å²) in [7, 11) is -5.86. The molecule has 0 spiro atoms. The van der Waals surface area contributed by atoms with Crippen LogP contribution in [0.25, 0.3) is 0 Å². The van der Waals surface area contributed by atoms with E-state index in [1.165, 1.54) is 14.2 Å². The molecule has 0 fully saturated rings. The van der Waals surface area contributed by atoms with Gasteiger partial charge in [-0.1, -0.05) is 48.5 Å². The van der Waals surface area contributed by atoms with Gasteiger partial charge < -0.3 is 9.47 Å². The van der Waals surface area contributed by atoms with Crippen LogP contribution in [0.1, 0.15) is 34.1 Å². The van der Waals surface area contributed by atoms with Gasteiger partial charge in [0.1, 0.15) is 12.5 Å². The van der Waals surface area contributed by atoms with Gasteiger partial charge in [-0.3, -0.25) is 0 Å². The number of benzene rings is 2. The maximum atomic E-state index is 13.5. The molecule has 0 saturated heterocycles. The lowest BCUT2D eigenvalue weighted by molar-refractivity contribution is -0.164. The van der Waals surface area contributed by atoms with Crippen molar-refractivity contribution >= 4 is 20.0 Å². The molecule has 10 nitrogen and oxygen atoms in total. The average Bonchev–Trinajstić information content (AvgIpc) is 2.83. The van der Waals surface area contributed by atoms with Crippen LogP contribution in [0.4, 0.5) is 0 Å². The van der Waals surface area contributed by atoms with Crippen LogP contribution >= 0.6 is 0 Å². The Morgan fingerprint density at radius 2 is 1.06 bits per heavy atom. The molecule has 12 heteroatoms. The van der Waals surface area contributed by atoms with Gasteiger partial charge in [0.2, 0.25) is 20.0 Å². The maximum Gasteiger partial charge on any atom is 0.215 e. The molecule has 2 aromatic rings. The summed E-state index contributed by atoms with van der Waals surface area (Å²) in [6.45, 7) is 0. The minimum atomic E-state index is -4.26. The van der Waals surface area contributed by atoms with Crippen molar-refractivity contribution in [1.82, 2.24) is 8.61 Å². The highest BCUT2D eigenvalue weighted by Gasteiger charge is 2.77. The molecule has 0 aromatic heterocycles. The number of nitriles is 2. The average molecular weight is 529 g/mol. The monoisotopic (exact) mass is 528 g/mol. The molecule has 4 bridgehead atoms. The minimum Gasteiger partial charge on any atom is -0.365 e. The lowest BCUT2D eigenvalue weighted by Gasteiger charge is -2.65. The fourth-order valence-electron chi connectivity index (χ4n) is 6.64. The Balaban J connectivity index is 2.16. The summed E-state index contributed by atoms with van der Waals surface area (Å²) in [6.07, 6.45) is -0.581. The lowest BCUT2D eigenvalue weighted by atomic mass is 9.55. The summed E-state index contributed by atoms with van der Waals surface area (Å²) in [4.78, 5) is 0. The molecule has 6 atom stereocenters. The van der Waals surface area contributed by atoms with E-state index in [-0.39, 0.29) is 11.1 Å². The fourth-order valence-corrected chi connectivity index (χ4v) is 9.37. The van der Waals surface area contributed by atoms with Crippen molar-refractivity contribution in [1.29, 1.82) is 10.5 Å². The van der Waals surface area contributed by atoms with E-state index in [1.54, 1.807) is 48.5 Å². The number of ether oxygens (including phenoxy) is 2. The number of rotatable bonds is 4. The van der Waals surface area contributed by atoms with E-state index < -0.39 is 55.4 Å². The lowest BCUT2D eigenvalue weighted by Crippen LogP contribution is -2.78. The first-order valence-corrected chi connectivity index (χ1v) is 14.7. The third kappa shape index (κ3) is 2.72. The van der Waals surface area contributed by atoms with E-state index in [2.05, 4.69) is 12.1 Å². The summed E-state index contributed by atoms with van der Waals surface area (Å²) >= 11 is 0. The smallest absolute Gasteiger partial charge is 0.215 e. The van der Waals surface area contributed by atoms with E-state index >= 15 is 0 Å². The molecule has 0 N–H and O–H groups in total. The van der Waals surface area contributed by atoms with Gasteiger partial charge in [0.25, 0.3) is 0 Å². The SMILES string of the molecule is CO[C@@H]1[C@H]2c3ccccc3[C@@](C#N)(N1S(C)(=O)=O)[C@@]1(C#N)c3ccccc3[C@@H]2[C@H](OC)N1S(C)(=O)=O. The molecule has 3 aliphatic rings. The van der Waals surface area contributed by atoms with E-state index in [1.807, 2.05) is 0 Å². The third-order valence-corrected chi connectivity index (χ3v) is 9.98. The molecule has 5 rings (SSSR count). The first-order chi connectivity index (χ1) is 17.0. The summed E-state index contributed by atoms with van der Waals surface area (Å²) in [5, 5.41) is 22.1. The van der Waals surface area contributed by atoms with Crippen LogP contribution in [0.2, 0.25) is 0 Å².